The number of piperazine rings is 1. The van der Waals surface area contributed by atoms with Crippen molar-refractivity contribution in [3.05, 3.63) is 58.9 Å². The Balaban J connectivity index is 1.44. The van der Waals surface area contributed by atoms with E-state index in [1.165, 1.54) is 37.6 Å². The van der Waals surface area contributed by atoms with Crippen molar-refractivity contribution in [3.63, 3.8) is 0 Å². The zero-order valence-electron chi connectivity index (χ0n) is 21.3. The van der Waals surface area contributed by atoms with Gasteiger partial charge in [-0.1, -0.05) is 6.42 Å². The van der Waals surface area contributed by atoms with E-state index in [2.05, 4.69) is 10.2 Å². The van der Waals surface area contributed by atoms with Crippen molar-refractivity contribution < 1.29 is 17.5 Å². The SMILES string of the molecule is Cc1cc(Nc2ccc(F)cc2)c(C=N)cc1[C@H]1CN(S(=O)(=O)N2CCOCC2)CCN1CC1CCC1. The average molecular weight is 530 g/mol. The minimum Gasteiger partial charge on any atom is -0.379 e. The Morgan fingerprint density at radius 3 is 2.46 bits per heavy atom. The first-order valence-electron chi connectivity index (χ1n) is 13.1. The van der Waals surface area contributed by atoms with Crippen LogP contribution in [-0.4, -0.2) is 80.6 Å². The van der Waals surface area contributed by atoms with Crippen LogP contribution in [-0.2, 0) is 14.9 Å². The molecule has 1 aliphatic carbocycles. The summed E-state index contributed by atoms with van der Waals surface area (Å²) in [6.07, 6.45) is 5.03. The van der Waals surface area contributed by atoms with Gasteiger partial charge in [-0.2, -0.15) is 17.0 Å². The van der Waals surface area contributed by atoms with Gasteiger partial charge in [0.25, 0.3) is 10.2 Å². The van der Waals surface area contributed by atoms with E-state index in [1.54, 1.807) is 20.7 Å². The standard InChI is InChI=1S/C27H36FN5O3S/c1-20-15-26(30-24-7-5-23(28)6-8-24)22(17-29)16-25(20)27-19-33(10-9-31(27)18-21-3-2-4-21)37(34,35)32-11-13-36-14-12-32/h5-8,15-17,21,27,29-30H,2-4,9-14,18-19H2,1H3/t27-/m1/s1. The molecular weight excluding hydrogens is 493 g/mol. The molecule has 0 bridgehead atoms. The maximum absolute atomic E-state index is 13.5. The van der Waals surface area contributed by atoms with Crippen molar-refractivity contribution in [2.45, 2.75) is 32.2 Å². The van der Waals surface area contributed by atoms with Gasteiger partial charge in [0, 0.05) is 68.5 Å². The largest absolute Gasteiger partial charge is 0.379 e. The first-order valence-corrected chi connectivity index (χ1v) is 14.5. The predicted molar refractivity (Wildman–Crippen MR) is 143 cm³/mol. The number of ether oxygens (including phenoxy) is 1. The third-order valence-electron chi connectivity index (χ3n) is 7.87. The molecule has 200 valence electrons. The average Bonchev–Trinajstić information content (AvgIpc) is 2.88. The van der Waals surface area contributed by atoms with Gasteiger partial charge in [0.15, 0.2) is 0 Å². The van der Waals surface area contributed by atoms with E-state index in [-0.39, 0.29) is 11.9 Å². The fourth-order valence-electron chi connectivity index (χ4n) is 5.48. The van der Waals surface area contributed by atoms with Crippen LogP contribution in [0.3, 0.4) is 0 Å². The number of morpholine rings is 1. The second-order valence-electron chi connectivity index (χ2n) is 10.3. The lowest BCUT2D eigenvalue weighted by molar-refractivity contribution is 0.0592. The second-order valence-corrected chi connectivity index (χ2v) is 12.2. The zero-order chi connectivity index (χ0) is 26.0. The molecule has 1 saturated carbocycles. The van der Waals surface area contributed by atoms with Crippen LogP contribution >= 0.6 is 0 Å². The van der Waals surface area contributed by atoms with Crippen molar-refractivity contribution in [2.75, 3.05) is 57.8 Å². The molecule has 0 spiro atoms. The number of aryl methyl sites for hydroxylation is 1. The summed E-state index contributed by atoms with van der Waals surface area (Å²) in [6.45, 7) is 6.16. The van der Waals surface area contributed by atoms with E-state index in [9.17, 15) is 12.8 Å². The quantitative estimate of drug-likeness (QED) is 0.506. The van der Waals surface area contributed by atoms with Crippen LogP contribution in [0.4, 0.5) is 15.8 Å². The topological polar surface area (TPSA) is 89.0 Å². The molecule has 8 nitrogen and oxygen atoms in total. The Hall–Kier alpha value is -2.37. The van der Waals surface area contributed by atoms with Gasteiger partial charge >= 0.3 is 0 Å². The van der Waals surface area contributed by atoms with Gasteiger partial charge in [0.1, 0.15) is 5.82 Å². The molecule has 2 aromatic carbocycles. The van der Waals surface area contributed by atoms with Crippen LogP contribution < -0.4 is 5.32 Å². The summed E-state index contributed by atoms with van der Waals surface area (Å²) in [7, 11) is -3.58. The van der Waals surface area contributed by atoms with E-state index in [4.69, 9.17) is 10.1 Å². The molecular formula is C27H36FN5O3S. The maximum Gasteiger partial charge on any atom is 0.282 e. The highest BCUT2D eigenvalue weighted by Gasteiger charge is 2.39. The number of anilines is 2. The molecule has 0 radical (unpaired) electrons. The number of benzene rings is 2. The molecule has 3 fully saturated rings. The second kappa shape index (κ2) is 11.2. The Bertz CT molecular complexity index is 1210. The third-order valence-corrected chi connectivity index (χ3v) is 9.87. The molecule has 0 amide bonds. The minimum atomic E-state index is -3.58. The maximum atomic E-state index is 13.5. The lowest BCUT2D eigenvalue weighted by Crippen LogP contribution is -2.56. The highest BCUT2D eigenvalue weighted by molar-refractivity contribution is 7.86. The van der Waals surface area contributed by atoms with E-state index in [1.807, 2.05) is 19.1 Å². The fourth-order valence-corrected chi connectivity index (χ4v) is 7.06. The van der Waals surface area contributed by atoms with Gasteiger partial charge < -0.3 is 15.5 Å². The number of hydrogen-bond acceptors (Lipinski definition) is 6. The smallest absolute Gasteiger partial charge is 0.282 e. The third kappa shape index (κ3) is 5.73. The monoisotopic (exact) mass is 529 g/mol. The molecule has 3 aliphatic rings. The summed E-state index contributed by atoms with van der Waals surface area (Å²) >= 11 is 0. The van der Waals surface area contributed by atoms with Crippen LogP contribution in [0.2, 0.25) is 0 Å². The lowest BCUT2D eigenvalue weighted by Gasteiger charge is -2.45. The molecule has 2 aromatic rings. The van der Waals surface area contributed by atoms with Crippen molar-refractivity contribution in [3.8, 4) is 0 Å². The van der Waals surface area contributed by atoms with Crippen LogP contribution in [0.15, 0.2) is 36.4 Å². The van der Waals surface area contributed by atoms with E-state index in [0.717, 1.165) is 29.0 Å². The molecule has 2 saturated heterocycles. The molecule has 0 aromatic heterocycles. The molecule has 2 N–H and O–H groups in total. The van der Waals surface area contributed by atoms with E-state index in [0.29, 0.717) is 57.4 Å². The van der Waals surface area contributed by atoms with Gasteiger partial charge in [0.05, 0.1) is 13.2 Å². The zero-order valence-corrected chi connectivity index (χ0v) is 22.1. The van der Waals surface area contributed by atoms with Crippen LogP contribution in [0, 0.1) is 24.1 Å². The summed E-state index contributed by atoms with van der Waals surface area (Å²) in [5, 5.41) is 11.4. The minimum absolute atomic E-state index is 0.0938. The number of rotatable bonds is 8. The summed E-state index contributed by atoms with van der Waals surface area (Å²) in [4.78, 5) is 2.44. The predicted octanol–water partition coefficient (Wildman–Crippen LogP) is 3.91. The lowest BCUT2D eigenvalue weighted by atomic mass is 9.84. The summed E-state index contributed by atoms with van der Waals surface area (Å²) < 4.78 is 48.9. The molecule has 2 heterocycles. The highest BCUT2D eigenvalue weighted by Crippen LogP contribution is 2.36. The van der Waals surface area contributed by atoms with Gasteiger partial charge in [-0.25, -0.2) is 4.39 Å². The molecule has 10 heteroatoms. The Morgan fingerprint density at radius 1 is 1.08 bits per heavy atom. The number of hydrogen-bond donors (Lipinski definition) is 2. The van der Waals surface area contributed by atoms with Crippen molar-refractivity contribution in [1.29, 1.82) is 5.41 Å². The van der Waals surface area contributed by atoms with E-state index < -0.39 is 10.2 Å². The van der Waals surface area contributed by atoms with Gasteiger partial charge in [-0.3, -0.25) is 4.90 Å². The van der Waals surface area contributed by atoms with Crippen LogP contribution in [0.1, 0.15) is 42.0 Å². The first kappa shape index (κ1) is 26.2. The van der Waals surface area contributed by atoms with Crippen molar-refractivity contribution in [2.24, 2.45) is 5.92 Å². The summed E-state index contributed by atoms with van der Waals surface area (Å²) in [6, 6.07) is 10.1. The fraction of sp³-hybridized carbons (Fsp3) is 0.519. The summed E-state index contributed by atoms with van der Waals surface area (Å²) in [5.74, 6) is 0.358. The molecule has 1 atom stereocenters. The van der Waals surface area contributed by atoms with Crippen LogP contribution in [0.5, 0.6) is 0 Å². The number of nitrogens with zero attached hydrogens (tertiary/aromatic N) is 3. The number of halogens is 1. The first-order chi connectivity index (χ1) is 17.8. The Morgan fingerprint density at radius 2 is 1.81 bits per heavy atom. The van der Waals surface area contributed by atoms with Gasteiger partial charge in [-0.15, -0.1) is 0 Å². The van der Waals surface area contributed by atoms with Crippen molar-refractivity contribution in [1.82, 2.24) is 13.5 Å². The highest BCUT2D eigenvalue weighted by atomic mass is 32.2. The van der Waals surface area contributed by atoms with Gasteiger partial charge in [-0.05, 0) is 73.2 Å². The molecule has 37 heavy (non-hydrogen) atoms. The number of nitrogens with one attached hydrogen (secondary N) is 2. The van der Waals surface area contributed by atoms with Crippen molar-refractivity contribution >= 4 is 27.8 Å². The normalized spacial score (nSPS) is 22.5. The molecule has 2 aliphatic heterocycles. The Labute approximate surface area is 219 Å². The van der Waals surface area contributed by atoms with E-state index >= 15 is 0 Å². The van der Waals surface area contributed by atoms with Gasteiger partial charge in [0.2, 0.25) is 0 Å². The molecule has 5 rings (SSSR count). The Kier molecular flexibility index (Phi) is 7.92. The summed E-state index contributed by atoms with van der Waals surface area (Å²) in [5.41, 5.74) is 4.29. The van der Waals surface area contributed by atoms with Crippen LogP contribution in [0.25, 0.3) is 0 Å². The molecule has 0 unspecified atom stereocenters.